The van der Waals surface area contributed by atoms with E-state index in [0.717, 1.165) is 48.4 Å². The van der Waals surface area contributed by atoms with Crippen LogP contribution in [0.15, 0.2) is 79.3 Å². The molecule has 5 rings (SSSR count). The van der Waals surface area contributed by atoms with Gasteiger partial charge in [-0.05, 0) is 93.1 Å². The highest BCUT2D eigenvalue weighted by atomic mass is 16.6. The van der Waals surface area contributed by atoms with Crippen molar-refractivity contribution in [3.05, 3.63) is 95.9 Å². The van der Waals surface area contributed by atoms with Crippen LogP contribution in [0.1, 0.15) is 54.1 Å². The molecule has 3 heterocycles. The van der Waals surface area contributed by atoms with Gasteiger partial charge in [-0.3, -0.25) is 14.7 Å². The topological polar surface area (TPSA) is 121 Å². The number of carbonyl (C=O) groups excluding carboxylic acids is 2. The SMILES string of the molecule is Cc1ccc(NC(=O)c2ccc(C3CCN(COC(=O)NC(C)C)CC3)cc2)cc1Nc1nccc(-c2cccnc2)n1. The van der Waals surface area contributed by atoms with Gasteiger partial charge in [0, 0.05) is 60.2 Å². The number of aryl methyl sites for hydroxylation is 1. The van der Waals surface area contributed by atoms with Crippen molar-refractivity contribution in [1.29, 1.82) is 0 Å². The molecule has 0 unspecified atom stereocenters. The van der Waals surface area contributed by atoms with Gasteiger partial charge in [-0.2, -0.15) is 0 Å². The fourth-order valence-corrected chi connectivity index (χ4v) is 4.98. The van der Waals surface area contributed by atoms with E-state index in [-0.39, 0.29) is 18.0 Å². The second-order valence-corrected chi connectivity index (χ2v) is 11.0. The number of pyridine rings is 1. The van der Waals surface area contributed by atoms with Gasteiger partial charge in [0.15, 0.2) is 0 Å². The Hall–Kier alpha value is -4.83. The zero-order valence-electron chi connectivity index (χ0n) is 24.7. The molecule has 4 aromatic rings. The molecule has 3 N–H and O–H groups in total. The predicted octanol–water partition coefficient (Wildman–Crippen LogP) is 6.11. The minimum atomic E-state index is -0.385. The molecule has 43 heavy (non-hydrogen) atoms. The quantitative estimate of drug-likeness (QED) is 0.217. The normalized spacial score (nSPS) is 13.9. The number of hydrogen-bond acceptors (Lipinski definition) is 8. The fourth-order valence-electron chi connectivity index (χ4n) is 4.98. The zero-order chi connectivity index (χ0) is 30.2. The third-order valence-corrected chi connectivity index (χ3v) is 7.37. The molecule has 0 atom stereocenters. The lowest BCUT2D eigenvalue weighted by atomic mass is 9.89. The summed E-state index contributed by atoms with van der Waals surface area (Å²) in [6.45, 7) is 7.79. The number of piperidine rings is 1. The highest BCUT2D eigenvalue weighted by Crippen LogP contribution is 2.29. The van der Waals surface area contributed by atoms with E-state index in [0.29, 0.717) is 29.8 Å². The highest BCUT2D eigenvalue weighted by Gasteiger charge is 2.22. The molecule has 2 amide bonds. The summed E-state index contributed by atoms with van der Waals surface area (Å²) in [4.78, 5) is 40.1. The molecule has 0 saturated carbocycles. The maximum atomic E-state index is 13.1. The van der Waals surface area contributed by atoms with Gasteiger partial charge < -0.3 is 20.7 Å². The number of hydrogen-bond donors (Lipinski definition) is 3. The van der Waals surface area contributed by atoms with Gasteiger partial charge >= 0.3 is 6.09 Å². The molecular formula is C33H37N7O3. The van der Waals surface area contributed by atoms with Gasteiger partial charge in [0.2, 0.25) is 5.95 Å². The van der Waals surface area contributed by atoms with Crippen molar-refractivity contribution in [2.75, 3.05) is 30.5 Å². The molecule has 0 spiro atoms. The number of rotatable bonds is 9. The number of anilines is 3. The van der Waals surface area contributed by atoms with Crippen molar-refractivity contribution < 1.29 is 14.3 Å². The smallest absolute Gasteiger partial charge is 0.408 e. The van der Waals surface area contributed by atoms with Crippen molar-refractivity contribution in [3.8, 4) is 11.3 Å². The second kappa shape index (κ2) is 13.9. The molecule has 0 aliphatic carbocycles. The molecule has 222 valence electrons. The molecule has 1 saturated heterocycles. The fraction of sp³-hybridized carbons (Fsp3) is 0.303. The summed E-state index contributed by atoms with van der Waals surface area (Å²) in [5.74, 6) is 0.684. The number of nitrogens with zero attached hydrogens (tertiary/aromatic N) is 4. The van der Waals surface area contributed by atoms with Gasteiger partial charge in [-0.25, -0.2) is 14.8 Å². The third-order valence-electron chi connectivity index (χ3n) is 7.37. The lowest BCUT2D eigenvalue weighted by molar-refractivity contribution is 0.0534. The number of carbonyl (C=O) groups is 2. The van der Waals surface area contributed by atoms with E-state index in [1.807, 2.05) is 81.4 Å². The minimum absolute atomic E-state index is 0.0527. The lowest BCUT2D eigenvalue weighted by Gasteiger charge is -2.31. The van der Waals surface area contributed by atoms with Crippen LogP contribution < -0.4 is 16.0 Å². The molecule has 10 heteroatoms. The molecule has 2 aromatic heterocycles. The summed E-state index contributed by atoms with van der Waals surface area (Å²) in [7, 11) is 0. The first kappa shape index (κ1) is 29.7. The summed E-state index contributed by atoms with van der Waals surface area (Å²) < 4.78 is 5.31. The average molecular weight is 580 g/mol. The Balaban J connectivity index is 1.15. The molecule has 0 radical (unpaired) electrons. The van der Waals surface area contributed by atoms with E-state index in [1.54, 1.807) is 18.6 Å². The first-order valence-electron chi connectivity index (χ1n) is 14.5. The van der Waals surface area contributed by atoms with Crippen LogP contribution in [0.4, 0.5) is 22.1 Å². The molecule has 2 aromatic carbocycles. The van der Waals surface area contributed by atoms with Gasteiger partial charge in [-0.1, -0.05) is 18.2 Å². The zero-order valence-corrected chi connectivity index (χ0v) is 24.7. The first-order chi connectivity index (χ1) is 20.8. The number of ether oxygens (including phenoxy) is 1. The highest BCUT2D eigenvalue weighted by molar-refractivity contribution is 6.04. The van der Waals surface area contributed by atoms with Crippen molar-refractivity contribution in [2.45, 2.75) is 45.6 Å². The summed E-state index contributed by atoms with van der Waals surface area (Å²) in [6, 6.07) is 19.2. The van der Waals surface area contributed by atoms with E-state index in [9.17, 15) is 9.59 Å². The predicted molar refractivity (Wildman–Crippen MR) is 167 cm³/mol. The Morgan fingerprint density at radius 2 is 1.81 bits per heavy atom. The van der Waals surface area contributed by atoms with E-state index in [1.165, 1.54) is 5.56 Å². The van der Waals surface area contributed by atoms with Crippen LogP contribution in [-0.4, -0.2) is 57.7 Å². The van der Waals surface area contributed by atoms with Crippen LogP contribution in [0, 0.1) is 6.92 Å². The third kappa shape index (κ3) is 8.14. The van der Waals surface area contributed by atoms with Crippen molar-refractivity contribution in [1.82, 2.24) is 25.2 Å². The van der Waals surface area contributed by atoms with Gasteiger partial charge in [0.1, 0.15) is 6.73 Å². The number of alkyl carbamates (subject to hydrolysis) is 1. The van der Waals surface area contributed by atoms with Crippen LogP contribution in [0.2, 0.25) is 0 Å². The van der Waals surface area contributed by atoms with E-state index in [2.05, 4.69) is 35.8 Å². The number of benzene rings is 2. The van der Waals surface area contributed by atoms with E-state index in [4.69, 9.17) is 4.74 Å². The van der Waals surface area contributed by atoms with E-state index >= 15 is 0 Å². The van der Waals surface area contributed by atoms with Crippen LogP contribution in [-0.2, 0) is 4.74 Å². The van der Waals surface area contributed by atoms with Crippen LogP contribution >= 0.6 is 0 Å². The summed E-state index contributed by atoms with van der Waals surface area (Å²) >= 11 is 0. The molecular weight excluding hydrogens is 542 g/mol. The Bertz CT molecular complexity index is 1540. The number of amides is 2. The van der Waals surface area contributed by atoms with Gasteiger partial charge in [0.25, 0.3) is 5.91 Å². The number of likely N-dealkylation sites (tertiary alicyclic amines) is 1. The van der Waals surface area contributed by atoms with Crippen LogP contribution in [0.5, 0.6) is 0 Å². The maximum Gasteiger partial charge on any atom is 0.408 e. The van der Waals surface area contributed by atoms with Crippen molar-refractivity contribution in [2.24, 2.45) is 0 Å². The number of nitrogens with one attached hydrogen (secondary N) is 3. The largest absolute Gasteiger partial charge is 0.433 e. The van der Waals surface area contributed by atoms with Crippen LogP contribution in [0.25, 0.3) is 11.3 Å². The monoisotopic (exact) mass is 579 g/mol. The molecule has 1 aliphatic heterocycles. The Morgan fingerprint density at radius 3 is 2.53 bits per heavy atom. The van der Waals surface area contributed by atoms with Crippen molar-refractivity contribution in [3.63, 3.8) is 0 Å². The van der Waals surface area contributed by atoms with Gasteiger partial charge in [0.05, 0.1) is 5.69 Å². The molecule has 1 fully saturated rings. The van der Waals surface area contributed by atoms with Crippen molar-refractivity contribution >= 4 is 29.3 Å². The maximum absolute atomic E-state index is 13.1. The lowest BCUT2D eigenvalue weighted by Crippen LogP contribution is -2.38. The number of aromatic nitrogens is 3. The summed E-state index contributed by atoms with van der Waals surface area (Å²) in [6.07, 6.45) is 6.74. The minimum Gasteiger partial charge on any atom is -0.433 e. The first-order valence-corrected chi connectivity index (χ1v) is 14.5. The second-order valence-electron chi connectivity index (χ2n) is 11.0. The molecule has 0 bridgehead atoms. The molecule has 1 aliphatic rings. The van der Waals surface area contributed by atoms with Crippen LogP contribution in [0.3, 0.4) is 0 Å². The Morgan fingerprint density at radius 1 is 1.02 bits per heavy atom. The van der Waals surface area contributed by atoms with E-state index < -0.39 is 0 Å². The average Bonchev–Trinajstić information content (AvgIpc) is 3.02. The summed E-state index contributed by atoms with van der Waals surface area (Å²) in [5.41, 5.74) is 5.94. The summed E-state index contributed by atoms with van der Waals surface area (Å²) in [5, 5.41) is 9.02. The Labute approximate surface area is 251 Å². The molecule has 10 nitrogen and oxygen atoms in total. The van der Waals surface area contributed by atoms with Gasteiger partial charge in [-0.15, -0.1) is 0 Å². The standard InChI is InChI=1S/C33H37N7O3/c1-22(2)36-33(42)43-21-40-17-13-25(14-18-40)24-7-9-26(10-8-24)31(41)37-28-11-6-23(3)30(19-28)39-32-35-16-12-29(38-32)27-5-4-15-34-20-27/h4-12,15-16,19-20,22,25H,13-14,17-18,21H2,1-3H3,(H,36,42)(H,37,41)(H,35,38,39). The Kier molecular flexibility index (Phi) is 9.58.